The number of hydrogen-bond donors (Lipinski definition) is 0. The minimum Gasteiger partial charge on any atom is -0.435 e. The van der Waals surface area contributed by atoms with Crippen LogP contribution >= 0.6 is 0 Å². The maximum atomic E-state index is 6.46. The van der Waals surface area contributed by atoms with Crippen LogP contribution in [0, 0.1) is 0 Å². The Morgan fingerprint density at radius 3 is 2.30 bits per heavy atom. The number of pyridine rings is 1. The van der Waals surface area contributed by atoms with Crippen LogP contribution in [0.5, 0.6) is 5.75 Å². The summed E-state index contributed by atoms with van der Waals surface area (Å²) in [6, 6.07) is 31.2. The molecule has 0 N–H and O–H groups in total. The Hall–Kier alpha value is -3.91. The molecule has 0 spiro atoms. The third kappa shape index (κ3) is 2.07. The largest absolute Gasteiger partial charge is 0.435 e. The molecule has 0 saturated carbocycles. The SMILES string of the molecule is CC1(C)c2cc3cc4ccccc4cc3[n+]3c2-c2c(cc4ccc5ccccc5c4c21)OC3. The summed E-state index contributed by atoms with van der Waals surface area (Å²) in [6.45, 7) is 5.30. The van der Waals surface area contributed by atoms with Gasteiger partial charge in [-0.15, -0.1) is 0 Å². The van der Waals surface area contributed by atoms with Crippen molar-refractivity contribution < 1.29 is 9.30 Å². The first kappa shape index (κ1) is 17.6. The van der Waals surface area contributed by atoms with Gasteiger partial charge in [0.1, 0.15) is 5.75 Å². The monoisotopic (exact) mass is 424 g/mol. The molecule has 2 nitrogen and oxygen atoms in total. The van der Waals surface area contributed by atoms with Crippen molar-refractivity contribution in [2.45, 2.75) is 26.0 Å². The van der Waals surface area contributed by atoms with Crippen molar-refractivity contribution in [3.63, 3.8) is 0 Å². The topological polar surface area (TPSA) is 13.1 Å². The molecular weight excluding hydrogens is 402 g/mol. The van der Waals surface area contributed by atoms with E-state index in [2.05, 4.69) is 103 Å². The smallest absolute Gasteiger partial charge is 0.293 e. The highest BCUT2D eigenvalue weighted by atomic mass is 16.5. The summed E-state index contributed by atoms with van der Waals surface area (Å²) in [7, 11) is 0. The Morgan fingerprint density at radius 1 is 0.727 bits per heavy atom. The van der Waals surface area contributed by atoms with Gasteiger partial charge in [0.2, 0.25) is 11.2 Å². The number of benzene rings is 5. The van der Waals surface area contributed by atoms with Gasteiger partial charge in [-0.05, 0) is 56.1 Å². The molecule has 0 amide bonds. The van der Waals surface area contributed by atoms with E-state index in [1.54, 1.807) is 0 Å². The molecule has 0 unspecified atom stereocenters. The molecule has 5 aromatic carbocycles. The summed E-state index contributed by atoms with van der Waals surface area (Å²) in [5, 5.41) is 9.04. The third-order valence-electron chi connectivity index (χ3n) is 7.89. The lowest BCUT2D eigenvalue weighted by molar-refractivity contribution is -0.693. The molecule has 6 aromatic rings. The fourth-order valence-corrected chi connectivity index (χ4v) is 6.36. The molecule has 0 atom stereocenters. The highest BCUT2D eigenvalue weighted by molar-refractivity contribution is 6.14. The van der Waals surface area contributed by atoms with Gasteiger partial charge < -0.3 is 4.74 Å². The van der Waals surface area contributed by atoms with Crippen LogP contribution in [0.25, 0.3) is 54.5 Å². The van der Waals surface area contributed by atoms with E-state index in [0.29, 0.717) is 6.73 Å². The lowest BCUT2D eigenvalue weighted by Gasteiger charge is -2.23. The van der Waals surface area contributed by atoms with Gasteiger partial charge in [0.05, 0.1) is 5.56 Å². The standard InChI is InChI=1S/C31H22NO/c1-31(2)24-14-22-13-19-8-3-4-9-20(19)15-25(22)32-17-33-26-16-21-12-11-18-7-5-6-10-23(18)27(21)29(31)28(26)30(24)32/h3-16H,17H2,1-2H3/q+1. The van der Waals surface area contributed by atoms with Crippen molar-refractivity contribution in [1.29, 1.82) is 0 Å². The van der Waals surface area contributed by atoms with E-state index in [-0.39, 0.29) is 5.41 Å². The van der Waals surface area contributed by atoms with Gasteiger partial charge in [-0.3, -0.25) is 0 Å². The second-order valence-corrected chi connectivity index (χ2v) is 10.0. The molecule has 156 valence electrons. The van der Waals surface area contributed by atoms with Gasteiger partial charge in [-0.1, -0.05) is 74.5 Å². The molecule has 1 aromatic heterocycles. The van der Waals surface area contributed by atoms with Crippen molar-refractivity contribution in [3.05, 3.63) is 96.1 Å². The lowest BCUT2D eigenvalue weighted by atomic mass is 9.79. The summed E-state index contributed by atoms with van der Waals surface area (Å²) < 4.78 is 8.86. The number of aromatic nitrogens is 1. The predicted molar refractivity (Wildman–Crippen MR) is 135 cm³/mol. The third-order valence-corrected chi connectivity index (χ3v) is 7.89. The molecule has 2 heteroatoms. The number of rotatable bonds is 0. The van der Waals surface area contributed by atoms with Crippen LogP contribution in [0.2, 0.25) is 0 Å². The van der Waals surface area contributed by atoms with Gasteiger partial charge in [0.25, 0.3) is 6.73 Å². The maximum absolute atomic E-state index is 6.46. The number of ether oxygens (including phenoxy) is 1. The van der Waals surface area contributed by atoms with Crippen LogP contribution in [-0.4, -0.2) is 0 Å². The van der Waals surface area contributed by atoms with Crippen molar-refractivity contribution in [1.82, 2.24) is 0 Å². The molecule has 1 aliphatic heterocycles. The average Bonchev–Trinajstić information content (AvgIpc) is 3.08. The van der Waals surface area contributed by atoms with E-state index in [4.69, 9.17) is 4.74 Å². The first-order chi connectivity index (χ1) is 16.1. The van der Waals surface area contributed by atoms with Crippen LogP contribution in [0.3, 0.4) is 0 Å². The summed E-state index contributed by atoms with van der Waals surface area (Å²) in [6.07, 6.45) is 0. The van der Waals surface area contributed by atoms with Crippen molar-refractivity contribution in [2.24, 2.45) is 0 Å². The van der Waals surface area contributed by atoms with E-state index in [1.165, 1.54) is 65.6 Å². The fourth-order valence-electron chi connectivity index (χ4n) is 6.36. The first-order valence-electron chi connectivity index (χ1n) is 11.6. The minimum atomic E-state index is -0.127. The Balaban J connectivity index is 1.59. The van der Waals surface area contributed by atoms with Gasteiger partial charge in [-0.25, -0.2) is 0 Å². The van der Waals surface area contributed by atoms with Crippen LogP contribution < -0.4 is 9.30 Å². The molecule has 0 bridgehead atoms. The molecular formula is C31H22NO+. The summed E-state index contributed by atoms with van der Waals surface area (Å²) in [4.78, 5) is 0. The fraction of sp³-hybridized carbons (Fsp3) is 0.129. The van der Waals surface area contributed by atoms with E-state index in [0.717, 1.165) is 5.75 Å². The maximum Gasteiger partial charge on any atom is 0.293 e. The van der Waals surface area contributed by atoms with Crippen molar-refractivity contribution >= 4 is 43.2 Å². The molecule has 2 heterocycles. The van der Waals surface area contributed by atoms with Crippen molar-refractivity contribution in [2.75, 3.05) is 0 Å². The summed E-state index contributed by atoms with van der Waals surface area (Å²) in [5.41, 5.74) is 6.51. The molecule has 0 fully saturated rings. The second kappa shape index (κ2) is 5.71. The van der Waals surface area contributed by atoms with Crippen molar-refractivity contribution in [3.8, 4) is 17.0 Å². The molecule has 0 saturated heterocycles. The summed E-state index contributed by atoms with van der Waals surface area (Å²) >= 11 is 0. The zero-order valence-electron chi connectivity index (χ0n) is 18.6. The van der Waals surface area contributed by atoms with E-state index in [1.807, 2.05) is 0 Å². The average molecular weight is 425 g/mol. The normalized spacial score (nSPS) is 15.3. The molecule has 8 rings (SSSR count). The van der Waals surface area contributed by atoms with E-state index >= 15 is 0 Å². The van der Waals surface area contributed by atoms with Gasteiger partial charge in [-0.2, -0.15) is 4.57 Å². The van der Waals surface area contributed by atoms with Gasteiger partial charge >= 0.3 is 0 Å². The molecule has 0 radical (unpaired) electrons. The zero-order chi connectivity index (χ0) is 21.9. The molecule has 1 aliphatic carbocycles. The summed E-state index contributed by atoms with van der Waals surface area (Å²) in [5.74, 6) is 1.01. The minimum absolute atomic E-state index is 0.127. The highest BCUT2D eigenvalue weighted by Gasteiger charge is 2.47. The number of nitrogens with zero attached hydrogens (tertiary/aromatic N) is 1. The van der Waals surface area contributed by atoms with Crippen LogP contribution in [0.15, 0.2) is 84.9 Å². The van der Waals surface area contributed by atoms with Gasteiger partial charge in [0.15, 0.2) is 0 Å². The van der Waals surface area contributed by atoms with Crippen LogP contribution in [0.1, 0.15) is 25.0 Å². The highest BCUT2D eigenvalue weighted by Crippen LogP contribution is 2.56. The zero-order valence-corrected chi connectivity index (χ0v) is 18.6. The molecule has 33 heavy (non-hydrogen) atoms. The first-order valence-corrected chi connectivity index (χ1v) is 11.6. The lowest BCUT2D eigenvalue weighted by Crippen LogP contribution is -2.42. The second-order valence-electron chi connectivity index (χ2n) is 10.0. The van der Waals surface area contributed by atoms with Crippen LogP contribution in [0.4, 0.5) is 0 Å². The Morgan fingerprint density at radius 2 is 1.45 bits per heavy atom. The molecule has 2 aliphatic rings. The Kier molecular flexibility index (Phi) is 3.05. The quantitative estimate of drug-likeness (QED) is 0.142. The Bertz CT molecular complexity index is 1840. The number of fused-ring (bicyclic) bond motifs is 7. The van der Waals surface area contributed by atoms with E-state index in [9.17, 15) is 0 Å². The van der Waals surface area contributed by atoms with Gasteiger partial charge in [0, 0.05) is 22.4 Å². The predicted octanol–water partition coefficient (Wildman–Crippen LogP) is 7.24. The van der Waals surface area contributed by atoms with Crippen LogP contribution in [-0.2, 0) is 12.1 Å². The van der Waals surface area contributed by atoms with E-state index < -0.39 is 0 Å². The Labute approximate surface area is 191 Å². The number of hydrogen-bond acceptors (Lipinski definition) is 1.